The lowest BCUT2D eigenvalue weighted by atomic mass is 10.3. The summed E-state index contributed by atoms with van der Waals surface area (Å²) in [5.74, 6) is 0.633. The van der Waals surface area contributed by atoms with E-state index in [-0.39, 0.29) is 17.1 Å². The van der Waals surface area contributed by atoms with E-state index in [9.17, 15) is 8.42 Å². The highest BCUT2D eigenvalue weighted by molar-refractivity contribution is 9.10. The number of halogens is 1. The van der Waals surface area contributed by atoms with Crippen molar-refractivity contribution in [1.82, 2.24) is 9.46 Å². The number of hydrogen-bond acceptors (Lipinski definition) is 5. The van der Waals surface area contributed by atoms with Crippen molar-refractivity contribution in [2.24, 2.45) is 0 Å². The molecule has 20 heavy (non-hydrogen) atoms. The summed E-state index contributed by atoms with van der Waals surface area (Å²) < 4.78 is 31.7. The topological polar surface area (TPSA) is 89.4 Å². The van der Waals surface area contributed by atoms with E-state index in [4.69, 9.17) is 10.3 Å². The third-order valence-electron chi connectivity index (χ3n) is 2.72. The minimum absolute atomic E-state index is 0.0726. The smallest absolute Gasteiger partial charge is 0.245 e. The van der Waals surface area contributed by atoms with Gasteiger partial charge < -0.3 is 10.3 Å². The quantitative estimate of drug-likeness (QED) is 0.844. The highest BCUT2D eigenvalue weighted by Crippen LogP contribution is 2.25. The van der Waals surface area contributed by atoms with Crippen LogP contribution in [0.4, 0.5) is 5.69 Å². The van der Waals surface area contributed by atoms with E-state index in [1.807, 2.05) is 0 Å². The van der Waals surface area contributed by atoms with Gasteiger partial charge in [0.15, 0.2) is 0 Å². The second-order valence-corrected chi connectivity index (χ2v) is 7.30. The maximum Gasteiger partial charge on any atom is 0.245 e. The van der Waals surface area contributed by atoms with Crippen molar-refractivity contribution in [3.05, 3.63) is 40.2 Å². The molecule has 108 valence electrons. The molecule has 1 aromatic carbocycles. The number of hydrogen-bond donors (Lipinski definition) is 1. The first-order valence-corrected chi connectivity index (χ1v) is 7.97. The lowest BCUT2D eigenvalue weighted by molar-refractivity contribution is 0.378. The average Bonchev–Trinajstić information content (AvgIpc) is 2.74. The normalized spacial score (nSPS) is 12.0. The van der Waals surface area contributed by atoms with Crippen molar-refractivity contribution in [2.75, 3.05) is 12.8 Å². The molecule has 0 spiro atoms. The molecule has 0 aliphatic heterocycles. The molecule has 8 heteroatoms. The Balaban J connectivity index is 2.29. The molecule has 0 bridgehead atoms. The molecule has 0 atom stereocenters. The Morgan fingerprint density at radius 2 is 2.10 bits per heavy atom. The van der Waals surface area contributed by atoms with Gasteiger partial charge in [0.25, 0.3) is 0 Å². The average molecular weight is 360 g/mol. The van der Waals surface area contributed by atoms with Crippen LogP contribution in [0.2, 0.25) is 0 Å². The number of benzene rings is 1. The largest absolute Gasteiger partial charge is 0.398 e. The summed E-state index contributed by atoms with van der Waals surface area (Å²) in [6, 6.07) is 6.36. The predicted molar refractivity (Wildman–Crippen MR) is 78.4 cm³/mol. The Kier molecular flexibility index (Phi) is 4.17. The van der Waals surface area contributed by atoms with Gasteiger partial charge in [0.2, 0.25) is 10.0 Å². The number of nitrogens with two attached hydrogens (primary N) is 1. The van der Waals surface area contributed by atoms with Crippen LogP contribution in [0.1, 0.15) is 11.5 Å². The first-order valence-electron chi connectivity index (χ1n) is 5.74. The van der Waals surface area contributed by atoms with Gasteiger partial charge in [-0.15, -0.1) is 0 Å². The molecular formula is C12H14BrN3O3S. The lowest BCUT2D eigenvalue weighted by Gasteiger charge is -2.17. The molecule has 1 heterocycles. The van der Waals surface area contributed by atoms with Crippen LogP contribution in [-0.4, -0.2) is 24.9 Å². The molecule has 0 aliphatic rings. The summed E-state index contributed by atoms with van der Waals surface area (Å²) in [7, 11) is -2.20. The zero-order valence-electron chi connectivity index (χ0n) is 11.0. The fourth-order valence-corrected chi connectivity index (χ4v) is 3.34. The maximum atomic E-state index is 12.4. The van der Waals surface area contributed by atoms with Crippen molar-refractivity contribution < 1.29 is 12.9 Å². The molecule has 0 saturated carbocycles. The molecule has 0 saturated heterocycles. The lowest BCUT2D eigenvalue weighted by Crippen LogP contribution is -2.27. The van der Waals surface area contributed by atoms with E-state index in [2.05, 4.69) is 21.1 Å². The summed E-state index contributed by atoms with van der Waals surface area (Å²) in [5, 5.41) is 3.78. The van der Waals surface area contributed by atoms with E-state index >= 15 is 0 Å². The van der Waals surface area contributed by atoms with Crippen LogP contribution >= 0.6 is 15.9 Å². The number of anilines is 1. The summed E-state index contributed by atoms with van der Waals surface area (Å²) in [4.78, 5) is 0.0726. The van der Waals surface area contributed by atoms with Gasteiger partial charge in [0.1, 0.15) is 10.7 Å². The Morgan fingerprint density at radius 3 is 2.65 bits per heavy atom. The molecular weight excluding hydrogens is 346 g/mol. The summed E-state index contributed by atoms with van der Waals surface area (Å²) in [6.45, 7) is 1.87. The van der Waals surface area contributed by atoms with Crippen LogP contribution in [0, 0.1) is 6.92 Å². The van der Waals surface area contributed by atoms with Crippen LogP contribution in [0.25, 0.3) is 0 Å². The molecule has 1 aromatic heterocycles. The van der Waals surface area contributed by atoms with Crippen molar-refractivity contribution >= 4 is 31.6 Å². The van der Waals surface area contributed by atoms with Gasteiger partial charge in [-0.05, 0) is 25.1 Å². The molecule has 0 aliphatic carbocycles. The maximum absolute atomic E-state index is 12.4. The number of rotatable bonds is 4. The minimum atomic E-state index is -3.67. The Morgan fingerprint density at radius 1 is 1.40 bits per heavy atom. The zero-order valence-corrected chi connectivity index (χ0v) is 13.4. The highest BCUT2D eigenvalue weighted by atomic mass is 79.9. The van der Waals surface area contributed by atoms with Gasteiger partial charge in [-0.2, -0.15) is 4.31 Å². The van der Waals surface area contributed by atoms with E-state index in [0.29, 0.717) is 11.5 Å². The van der Waals surface area contributed by atoms with Gasteiger partial charge in [0.05, 0.1) is 17.9 Å². The van der Waals surface area contributed by atoms with E-state index < -0.39 is 10.0 Å². The Labute approximate surface area is 125 Å². The molecule has 0 radical (unpaired) electrons. The van der Waals surface area contributed by atoms with Crippen LogP contribution in [0.3, 0.4) is 0 Å². The van der Waals surface area contributed by atoms with Gasteiger partial charge >= 0.3 is 0 Å². The first kappa shape index (κ1) is 15.0. The number of sulfonamides is 1. The van der Waals surface area contributed by atoms with Gasteiger partial charge in [-0.3, -0.25) is 0 Å². The number of nitrogens with zero attached hydrogens (tertiary/aromatic N) is 2. The molecule has 0 unspecified atom stereocenters. The van der Waals surface area contributed by atoms with E-state index in [0.717, 1.165) is 4.47 Å². The summed E-state index contributed by atoms with van der Waals surface area (Å²) >= 11 is 3.25. The molecule has 0 amide bonds. The van der Waals surface area contributed by atoms with Crippen molar-refractivity contribution in [1.29, 1.82) is 0 Å². The summed E-state index contributed by atoms with van der Waals surface area (Å²) in [5.41, 5.74) is 6.52. The van der Waals surface area contributed by atoms with Crippen LogP contribution in [0.5, 0.6) is 0 Å². The predicted octanol–water partition coefficient (Wildman–Crippen LogP) is 2.15. The van der Waals surface area contributed by atoms with Gasteiger partial charge in [-0.25, -0.2) is 8.42 Å². The van der Waals surface area contributed by atoms with E-state index in [1.165, 1.54) is 17.4 Å². The number of aromatic nitrogens is 1. The fraction of sp³-hybridized carbons (Fsp3) is 0.250. The SMILES string of the molecule is Cc1cc(CN(C)S(=O)(=O)c2ccc(Br)cc2N)no1. The Hall–Kier alpha value is -1.38. The van der Waals surface area contributed by atoms with E-state index in [1.54, 1.807) is 25.1 Å². The first-order chi connectivity index (χ1) is 9.30. The van der Waals surface area contributed by atoms with Crippen LogP contribution < -0.4 is 5.73 Å². The fourth-order valence-electron chi connectivity index (χ4n) is 1.73. The van der Waals surface area contributed by atoms with Crippen molar-refractivity contribution in [3.8, 4) is 0 Å². The minimum Gasteiger partial charge on any atom is -0.398 e. The standard InChI is InChI=1S/C12H14BrN3O3S/c1-8-5-10(15-19-8)7-16(2)20(17,18)12-4-3-9(13)6-11(12)14/h3-6H,7,14H2,1-2H3. The van der Waals surface area contributed by atoms with Gasteiger partial charge in [0, 0.05) is 17.6 Å². The van der Waals surface area contributed by atoms with Crippen LogP contribution in [-0.2, 0) is 16.6 Å². The number of nitrogen functional groups attached to an aromatic ring is 1. The molecule has 0 fully saturated rings. The molecule has 2 N–H and O–H groups in total. The number of aryl methyl sites for hydroxylation is 1. The van der Waals surface area contributed by atoms with Gasteiger partial charge in [-0.1, -0.05) is 21.1 Å². The molecule has 2 aromatic rings. The third-order valence-corrected chi connectivity index (χ3v) is 5.09. The van der Waals surface area contributed by atoms with Crippen molar-refractivity contribution in [2.45, 2.75) is 18.4 Å². The molecule has 6 nitrogen and oxygen atoms in total. The van der Waals surface area contributed by atoms with Crippen LogP contribution in [0.15, 0.2) is 38.2 Å². The monoisotopic (exact) mass is 359 g/mol. The second-order valence-electron chi connectivity index (χ2n) is 4.37. The molecule has 2 rings (SSSR count). The van der Waals surface area contributed by atoms with Crippen molar-refractivity contribution in [3.63, 3.8) is 0 Å². The summed E-state index contributed by atoms with van der Waals surface area (Å²) in [6.07, 6.45) is 0. The Bertz CT molecular complexity index is 727. The second kappa shape index (κ2) is 5.55. The third kappa shape index (κ3) is 3.02. The highest BCUT2D eigenvalue weighted by Gasteiger charge is 2.24. The zero-order chi connectivity index (χ0) is 14.9.